The molecule has 0 radical (unpaired) electrons. The number of thiol groups is 1. The third-order valence-corrected chi connectivity index (χ3v) is 3.48. The minimum Gasteiger partial charge on any atom is -0.343 e. The third kappa shape index (κ3) is 9.89. The summed E-state index contributed by atoms with van der Waals surface area (Å²) in [5, 5.41) is 27.7. The second-order valence-electron chi connectivity index (χ2n) is 4.81. The summed E-state index contributed by atoms with van der Waals surface area (Å²) in [5.74, 6) is -2.25. The smallest absolute Gasteiger partial charge is 0.278 e. The SMILES string of the molecule is CCCCCCCCC(CCCS)C(O)(O)O. The zero-order valence-electron chi connectivity index (χ0n) is 10.9. The number of unbranched alkanes of at least 4 members (excludes halogenated alkanes) is 5. The Bertz CT molecular complexity index is 169. The van der Waals surface area contributed by atoms with E-state index in [-0.39, 0.29) is 0 Å². The van der Waals surface area contributed by atoms with Crippen molar-refractivity contribution in [3.63, 3.8) is 0 Å². The summed E-state index contributed by atoms with van der Waals surface area (Å²) in [4.78, 5) is 0. The average Bonchev–Trinajstić information content (AvgIpc) is 2.25. The Labute approximate surface area is 111 Å². The van der Waals surface area contributed by atoms with Gasteiger partial charge in [0.2, 0.25) is 0 Å². The largest absolute Gasteiger partial charge is 0.343 e. The molecule has 0 aliphatic heterocycles. The van der Waals surface area contributed by atoms with Crippen molar-refractivity contribution in [2.45, 2.75) is 70.7 Å². The van der Waals surface area contributed by atoms with E-state index in [1.807, 2.05) is 0 Å². The minimum absolute atomic E-state index is 0.444. The number of aliphatic hydroxyl groups is 3. The molecule has 0 heterocycles. The van der Waals surface area contributed by atoms with Crippen molar-refractivity contribution in [1.29, 1.82) is 0 Å². The molecule has 0 saturated heterocycles. The van der Waals surface area contributed by atoms with E-state index in [1.165, 1.54) is 25.7 Å². The standard InChI is InChI=1S/C13H28O3S/c1-2-3-4-5-6-7-9-12(10-8-11-17)13(14,15)16/h12,14-17H,2-11H2,1H3. The predicted octanol–water partition coefficient (Wildman–Crippen LogP) is 2.69. The summed E-state index contributed by atoms with van der Waals surface area (Å²) in [5.41, 5.74) is 0. The van der Waals surface area contributed by atoms with Gasteiger partial charge >= 0.3 is 0 Å². The first-order chi connectivity index (χ1) is 8.02. The lowest BCUT2D eigenvalue weighted by Gasteiger charge is -2.25. The number of hydrogen-bond donors (Lipinski definition) is 4. The van der Waals surface area contributed by atoms with Gasteiger partial charge in [0.05, 0.1) is 0 Å². The van der Waals surface area contributed by atoms with Crippen LogP contribution in [0.4, 0.5) is 0 Å². The monoisotopic (exact) mass is 264 g/mol. The van der Waals surface area contributed by atoms with Crippen LogP contribution in [0.5, 0.6) is 0 Å². The van der Waals surface area contributed by atoms with Crippen molar-refractivity contribution in [2.75, 3.05) is 5.75 Å². The number of hydrogen-bond acceptors (Lipinski definition) is 4. The Morgan fingerprint density at radius 3 is 1.94 bits per heavy atom. The summed E-state index contributed by atoms with van der Waals surface area (Å²) >= 11 is 4.09. The molecule has 0 aromatic carbocycles. The average molecular weight is 264 g/mol. The van der Waals surface area contributed by atoms with Crippen molar-refractivity contribution >= 4 is 12.6 Å². The van der Waals surface area contributed by atoms with Crippen LogP contribution in [0.2, 0.25) is 0 Å². The Morgan fingerprint density at radius 1 is 0.882 bits per heavy atom. The maximum Gasteiger partial charge on any atom is 0.278 e. The van der Waals surface area contributed by atoms with Gasteiger partial charge in [-0.1, -0.05) is 45.4 Å². The van der Waals surface area contributed by atoms with Crippen LogP contribution in [-0.4, -0.2) is 27.0 Å². The second kappa shape index (κ2) is 10.2. The van der Waals surface area contributed by atoms with Crippen LogP contribution >= 0.6 is 12.6 Å². The fourth-order valence-electron chi connectivity index (χ4n) is 2.04. The van der Waals surface area contributed by atoms with Crippen LogP contribution in [-0.2, 0) is 0 Å². The molecule has 0 saturated carbocycles. The van der Waals surface area contributed by atoms with Crippen LogP contribution in [0.3, 0.4) is 0 Å². The van der Waals surface area contributed by atoms with E-state index < -0.39 is 11.9 Å². The molecule has 0 bridgehead atoms. The minimum atomic E-state index is -2.52. The Morgan fingerprint density at radius 2 is 1.41 bits per heavy atom. The summed E-state index contributed by atoms with van der Waals surface area (Å²) in [6.07, 6.45) is 9.09. The molecular weight excluding hydrogens is 236 g/mol. The van der Waals surface area contributed by atoms with Gasteiger partial charge in [-0.25, -0.2) is 0 Å². The quantitative estimate of drug-likeness (QED) is 0.264. The van der Waals surface area contributed by atoms with Crippen LogP contribution < -0.4 is 0 Å². The first-order valence-corrected chi connectivity index (χ1v) is 7.43. The lowest BCUT2D eigenvalue weighted by molar-refractivity contribution is -0.344. The molecule has 104 valence electrons. The van der Waals surface area contributed by atoms with Gasteiger partial charge in [-0.2, -0.15) is 12.6 Å². The Kier molecular flexibility index (Phi) is 10.3. The Balaban J connectivity index is 3.69. The Hall–Kier alpha value is 0.230. The normalized spacial score (nSPS) is 13.9. The molecule has 0 aromatic rings. The third-order valence-electron chi connectivity index (χ3n) is 3.16. The molecule has 4 heteroatoms. The van der Waals surface area contributed by atoms with E-state index >= 15 is 0 Å². The lowest BCUT2D eigenvalue weighted by atomic mass is 9.93. The van der Waals surface area contributed by atoms with E-state index in [9.17, 15) is 15.3 Å². The molecule has 0 fully saturated rings. The van der Waals surface area contributed by atoms with Gasteiger partial charge in [0.15, 0.2) is 0 Å². The highest BCUT2D eigenvalue weighted by atomic mass is 32.1. The van der Waals surface area contributed by atoms with Crippen LogP contribution in [0.1, 0.15) is 64.7 Å². The van der Waals surface area contributed by atoms with E-state index in [4.69, 9.17) is 0 Å². The van der Waals surface area contributed by atoms with Crippen molar-refractivity contribution in [2.24, 2.45) is 5.92 Å². The van der Waals surface area contributed by atoms with E-state index in [2.05, 4.69) is 19.6 Å². The highest BCUT2D eigenvalue weighted by Crippen LogP contribution is 2.24. The maximum atomic E-state index is 9.23. The van der Waals surface area contributed by atoms with E-state index in [1.54, 1.807) is 0 Å². The van der Waals surface area contributed by atoms with Crippen molar-refractivity contribution in [3.05, 3.63) is 0 Å². The summed E-state index contributed by atoms with van der Waals surface area (Å²) in [7, 11) is 0. The highest BCUT2D eigenvalue weighted by molar-refractivity contribution is 7.80. The zero-order chi connectivity index (χ0) is 13.1. The highest BCUT2D eigenvalue weighted by Gasteiger charge is 2.30. The fourth-order valence-corrected chi connectivity index (χ4v) is 2.22. The molecule has 0 spiro atoms. The van der Waals surface area contributed by atoms with E-state index in [0.717, 1.165) is 19.3 Å². The van der Waals surface area contributed by atoms with Gasteiger partial charge in [0.25, 0.3) is 5.97 Å². The van der Waals surface area contributed by atoms with Crippen molar-refractivity contribution in [3.8, 4) is 0 Å². The molecule has 3 nitrogen and oxygen atoms in total. The summed E-state index contributed by atoms with van der Waals surface area (Å²) in [6.45, 7) is 2.19. The fraction of sp³-hybridized carbons (Fsp3) is 1.00. The molecule has 0 rings (SSSR count). The van der Waals surface area contributed by atoms with Gasteiger partial charge in [0.1, 0.15) is 0 Å². The zero-order valence-corrected chi connectivity index (χ0v) is 11.8. The lowest BCUT2D eigenvalue weighted by Crippen LogP contribution is -2.37. The van der Waals surface area contributed by atoms with Crippen LogP contribution in [0, 0.1) is 5.92 Å². The first-order valence-electron chi connectivity index (χ1n) is 6.80. The first kappa shape index (κ1) is 17.2. The number of rotatable bonds is 11. The van der Waals surface area contributed by atoms with E-state index in [0.29, 0.717) is 18.6 Å². The topological polar surface area (TPSA) is 60.7 Å². The van der Waals surface area contributed by atoms with Crippen LogP contribution in [0.25, 0.3) is 0 Å². The molecule has 0 aliphatic carbocycles. The molecule has 1 unspecified atom stereocenters. The molecule has 17 heavy (non-hydrogen) atoms. The maximum absolute atomic E-state index is 9.23. The van der Waals surface area contributed by atoms with Crippen molar-refractivity contribution < 1.29 is 15.3 Å². The molecular formula is C13H28O3S. The van der Waals surface area contributed by atoms with Crippen molar-refractivity contribution in [1.82, 2.24) is 0 Å². The molecule has 0 aliphatic rings. The molecule has 3 N–H and O–H groups in total. The van der Waals surface area contributed by atoms with Gasteiger partial charge in [-0.15, -0.1) is 0 Å². The van der Waals surface area contributed by atoms with Crippen LogP contribution in [0.15, 0.2) is 0 Å². The summed E-state index contributed by atoms with van der Waals surface area (Å²) < 4.78 is 0. The van der Waals surface area contributed by atoms with Gasteiger partial charge in [-0.3, -0.25) is 0 Å². The molecule has 0 amide bonds. The molecule has 0 aromatic heterocycles. The van der Waals surface area contributed by atoms with Gasteiger partial charge in [-0.05, 0) is 25.0 Å². The molecule has 1 atom stereocenters. The van der Waals surface area contributed by atoms with Gasteiger partial charge in [0, 0.05) is 5.92 Å². The summed E-state index contributed by atoms with van der Waals surface area (Å²) in [6, 6.07) is 0. The predicted molar refractivity (Wildman–Crippen MR) is 74.0 cm³/mol. The second-order valence-corrected chi connectivity index (χ2v) is 5.25. The van der Waals surface area contributed by atoms with Gasteiger partial charge < -0.3 is 15.3 Å².